The zero-order valence-corrected chi connectivity index (χ0v) is 19.7. The van der Waals surface area contributed by atoms with Crippen LogP contribution in [-0.2, 0) is 0 Å². The minimum atomic E-state index is 0.257. The summed E-state index contributed by atoms with van der Waals surface area (Å²) in [6.07, 6.45) is 0. The van der Waals surface area contributed by atoms with Crippen LogP contribution in [0.25, 0.3) is 33.0 Å². The molecule has 6 rings (SSSR count). The fraction of sp³-hybridized carbons (Fsp3) is 0.152. The maximum Gasteiger partial charge on any atom is 0.0355 e. The monoisotopic (exact) mass is 424 g/mol. The van der Waals surface area contributed by atoms with E-state index >= 15 is 0 Å². The third-order valence-corrected chi connectivity index (χ3v) is 7.82. The second-order valence-corrected chi connectivity index (χ2v) is 9.47. The Morgan fingerprint density at radius 2 is 1.09 bits per heavy atom. The second kappa shape index (κ2) is 7.46. The maximum absolute atomic E-state index is 2.44. The van der Waals surface area contributed by atoms with Crippen LogP contribution in [0.15, 0.2) is 91.0 Å². The number of hydrogen-bond donors (Lipinski definition) is 0. The third kappa shape index (κ3) is 2.91. The Morgan fingerprint density at radius 3 is 1.79 bits per heavy atom. The lowest BCUT2D eigenvalue weighted by molar-refractivity contribution is 1.00. The Hall–Kier alpha value is -3.64. The van der Waals surface area contributed by atoms with Gasteiger partial charge in [0.25, 0.3) is 0 Å². The van der Waals surface area contributed by atoms with E-state index in [4.69, 9.17) is 0 Å². The molecule has 0 aliphatic heterocycles. The SMILES string of the molecule is Cc1ccc(-c2c(C)c(C3c4ccccc4-c4ccccc43)cc3ccccc23)c(C)c1C. The van der Waals surface area contributed by atoms with Crippen molar-refractivity contribution in [3.05, 3.63) is 130 Å². The first-order valence-electron chi connectivity index (χ1n) is 11.8. The van der Waals surface area contributed by atoms with Crippen LogP contribution in [0.5, 0.6) is 0 Å². The number of aryl methyl sites for hydroxylation is 1. The van der Waals surface area contributed by atoms with Crippen molar-refractivity contribution in [3.63, 3.8) is 0 Å². The van der Waals surface area contributed by atoms with Gasteiger partial charge in [-0.15, -0.1) is 0 Å². The van der Waals surface area contributed by atoms with Gasteiger partial charge < -0.3 is 0 Å². The lowest BCUT2D eigenvalue weighted by Gasteiger charge is -2.23. The summed E-state index contributed by atoms with van der Waals surface area (Å²) in [6.45, 7) is 9.06. The molecule has 0 heterocycles. The molecule has 0 nitrogen and oxygen atoms in total. The molecule has 1 aliphatic rings. The van der Waals surface area contributed by atoms with E-state index in [0.29, 0.717) is 0 Å². The number of fused-ring (bicyclic) bond motifs is 4. The van der Waals surface area contributed by atoms with Crippen LogP contribution >= 0.6 is 0 Å². The normalized spacial score (nSPS) is 12.7. The molecule has 160 valence electrons. The standard InChI is InChI=1S/C33H28/c1-20-17-18-25(22(3)21(20)2)32-23(4)31(19-24-11-5-6-12-26(24)32)33-29-15-9-7-13-27(29)28-14-8-10-16-30(28)33/h5-19,33H,1-4H3. The van der Waals surface area contributed by atoms with Gasteiger partial charge in [-0.2, -0.15) is 0 Å². The molecule has 0 atom stereocenters. The fourth-order valence-corrected chi connectivity index (χ4v) is 5.84. The summed E-state index contributed by atoms with van der Waals surface area (Å²) < 4.78 is 0. The fourth-order valence-electron chi connectivity index (χ4n) is 5.84. The van der Waals surface area contributed by atoms with Crippen LogP contribution in [0.2, 0.25) is 0 Å². The van der Waals surface area contributed by atoms with Crippen molar-refractivity contribution < 1.29 is 0 Å². The second-order valence-electron chi connectivity index (χ2n) is 9.47. The Bertz CT molecular complexity index is 1510. The highest BCUT2D eigenvalue weighted by Gasteiger charge is 2.31. The molecule has 0 fully saturated rings. The Kier molecular flexibility index (Phi) is 4.52. The summed E-state index contributed by atoms with van der Waals surface area (Å²) in [7, 11) is 0. The van der Waals surface area contributed by atoms with Gasteiger partial charge >= 0.3 is 0 Å². The Morgan fingerprint density at radius 1 is 0.485 bits per heavy atom. The van der Waals surface area contributed by atoms with Crippen LogP contribution in [0, 0.1) is 27.7 Å². The minimum absolute atomic E-state index is 0.257. The van der Waals surface area contributed by atoms with Crippen molar-refractivity contribution in [1.29, 1.82) is 0 Å². The Labute approximate surface area is 196 Å². The quantitative estimate of drug-likeness (QED) is 0.260. The molecule has 0 N–H and O–H groups in total. The van der Waals surface area contributed by atoms with Crippen molar-refractivity contribution >= 4 is 10.8 Å². The largest absolute Gasteiger partial charge is 0.0619 e. The van der Waals surface area contributed by atoms with Gasteiger partial charge in [0.1, 0.15) is 0 Å². The van der Waals surface area contributed by atoms with Crippen molar-refractivity contribution in [1.82, 2.24) is 0 Å². The lowest BCUT2D eigenvalue weighted by Crippen LogP contribution is -2.04. The van der Waals surface area contributed by atoms with Crippen LogP contribution in [0.1, 0.15) is 44.9 Å². The molecule has 0 aromatic heterocycles. The minimum Gasteiger partial charge on any atom is -0.0619 e. The van der Waals surface area contributed by atoms with E-state index in [-0.39, 0.29) is 5.92 Å². The van der Waals surface area contributed by atoms with E-state index < -0.39 is 0 Å². The highest BCUT2D eigenvalue weighted by atomic mass is 14.3. The van der Waals surface area contributed by atoms with Crippen LogP contribution < -0.4 is 0 Å². The predicted octanol–water partition coefficient (Wildman–Crippen LogP) is 8.90. The van der Waals surface area contributed by atoms with Crippen molar-refractivity contribution in [3.8, 4) is 22.3 Å². The first-order valence-corrected chi connectivity index (χ1v) is 11.8. The van der Waals surface area contributed by atoms with E-state index in [0.717, 1.165) is 0 Å². The smallest absolute Gasteiger partial charge is 0.0355 e. The van der Waals surface area contributed by atoms with Crippen LogP contribution in [-0.4, -0.2) is 0 Å². The number of rotatable bonds is 2. The van der Waals surface area contributed by atoms with Gasteiger partial charge in [0.2, 0.25) is 0 Å². The third-order valence-electron chi connectivity index (χ3n) is 7.82. The average molecular weight is 425 g/mol. The molecule has 0 unspecified atom stereocenters. The van der Waals surface area contributed by atoms with Gasteiger partial charge in [-0.3, -0.25) is 0 Å². The van der Waals surface area contributed by atoms with Gasteiger partial charge in [0, 0.05) is 5.92 Å². The molecule has 0 saturated heterocycles. The molecule has 33 heavy (non-hydrogen) atoms. The molecular weight excluding hydrogens is 396 g/mol. The van der Waals surface area contributed by atoms with E-state index in [1.54, 1.807) is 0 Å². The van der Waals surface area contributed by atoms with Crippen molar-refractivity contribution in [2.24, 2.45) is 0 Å². The molecule has 0 radical (unpaired) electrons. The number of benzene rings is 5. The molecule has 0 amide bonds. The highest BCUT2D eigenvalue weighted by molar-refractivity contribution is 6.00. The zero-order chi connectivity index (χ0) is 22.7. The average Bonchev–Trinajstić information content (AvgIpc) is 3.17. The highest BCUT2D eigenvalue weighted by Crippen LogP contribution is 2.50. The number of hydrogen-bond acceptors (Lipinski definition) is 0. The summed E-state index contributed by atoms with van der Waals surface area (Å²) in [5.74, 6) is 0.257. The van der Waals surface area contributed by atoms with Crippen molar-refractivity contribution in [2.75, 3.05) is 0 Å². The summed E-state index contributed by atoms with van der Waals surface area (Å²) in [5.41, 5.74) is 15.2. The molecule has 1 aliphatic carbocycles. The Balaban J connectivity index is 1.71. The van der Waals surface area contributed by atoms with E-state index in [9.17, 15) is 0 Å². The molecular formula is C33H28. The predicted molar refractivity (Wildman–Crippen MR) is 141 cm³/mol. The van der Waals surface area contributed by atoms with Crippen LogP contribution in [0.4, 0.5) is 0 Å². The summed E-state index contributed by atoms with van der Waals surface area (Å²) in [6, 6.07) is 33.8. The molecule has 5 aromatic carbocycles. The molecule has 0 saturated carbocycles. The lowest BCUT2D eigenvalue weighted by atomic mass is 9.80. The van der Waals surface area contributed by atoms with Crippen LogP contribution in [0.3, 0.4) is 0 Å². The molecule has 0 bridgehead atoms. The first kappa shape index (κ1) is 20.0. The van der Waals surface area contributed by atoms with Gasteiger partial charge in [-0.25, -0.2) is 0 Å². The summed E-state index contributed by atoms with van der Waals surface area (Å²) in [4.78, 5) is 0. The molecule has 0 heteroatoms. The topological polar surface area (TPSA) is 0 Å². The van der Waals surface area contributed by atoms with E-state index in [1.165, 1.54) is 72.0 Å². The maximum atomic E-state index is 2.44. The molecule has 5 aromatic rings. The van der Waals surface area contributed by atoms with Gasteiger partial charge in [0.05, 0.1) is 0 Å². The van der Waals surface area contributed by atoms with Gasteiger partial charge in [0.15, 0.2) is 0 Å². The van der Waals surface area contributed by atoms with Crippen molar-refractivity contribution in [2.45, 2.75) is 33.6 Å². The first-order chi connectivity index (χ1) is 16.1. The van der Waals surface area contributed by atoms with Gasteiger partial charge in [-0.1, -0.05) is 84.9 Å². The summed E-state index contributed by atoms with van der Waals surface area (Å²) >= 11 is 0. The zero-order valence-electron chi connectivity index (χ0n) is 19.7. The molecule has 0 spiro atoms. The summed E-state index contributed by atoms with van der Waals surface area (Å²) in [5, 5.41) is 2.65. The van der Waals surface area contributed by atoms with Gasteiger partial charge in [-0.05, 0) is 106 Å². The van der Waals surface area contributed by atoms with E-state index in [2.05, 4.69) is 119 Å². The van der Waals surface area contributed by atoms with E-state index in [1.807, 2.05) is 0 Å².